The van der Waals surface area contributed by atoms with Crippen molar-refractivity contribution in [3.63, 3.8) is 0 Å². The summed E-state index contributed by atoms with van der Waals surface area (Å²) < 4.78 is 0. The summed E-state index contributed by atoms with van der Waals surface area (Å²) >= 11 is 1.97. The first-order chi connectivity index (χ1) is 9.12. The van der Waals surface area contributed by atoms with Crippen LogP contribution in [0, 0.1) is 23.7 Å². The van der Waals surface area contributed by atoms with E-state index >= 15 is 0 Å². The summed E-state index contributed by atoms with van der Waals surface area (Å²) in [5.74, 6) is 4.93. The summed E-state index contributed by atoms with van der Waals surface area (Å²) in [6, 6.07) is 0.543. The second-order valence-corrected chi connectivity index (χ2v) is 8.89. The van der Waals surface area contributed by atoms with Gasteiger partial charge in [-0.1, -0.05) is 25.6 Å². The number of hydrogen-bond acceptors (Lipinski definition) is 3. The summed E-state index contributed by atoms with van der Waals surface area (Å²) in [4.78, 5) is 4.93. The number of nitrogens with zero attached hydrogens (tertiary/aromatic N) is 1. The zero-order valence-electron chi connectivity index (χ0n) is 12.2. The number of thioether (sulfide) groups is 1. The summed E-state index contributed by atoms with van der Waals surface area (Å²) in [6.45, 7) is 4.59. The zero-order valence-corrected chi connectivity index (χ0v) is 13.0. The Morgan fingerprint density at radius 1 is 1.11 bits per heavy atom. The fraction of sp³-hybridized carbons (Fsp3) is 0.938. The predicted molar refractivity (Wildman–Crippen MR) is 82.6 cm³/mol. The Morgan fingerprint density at radius 2 is 1.68 bits per heavy atom. The molecular formula is C16H26N2S. The van der Waals surface area contributed by atoms with Crippen molar-refractivity contribution >= 4 is 16.9 Å². The van der Waals surface area contributed by atoms with Gasteiger partial charge in [0.05, 0.1) is 6.04 Å². The Labute approximate surface area is 121 Å². The molecule has 0 aromatic heterocycles. The molecular weight excluding hydrogens is 252 g/mol. The minimum atomic E-state index is 0.437. The molecule has 1 aliphatic heterocycles. The minimum Gasteiger partial charge on any atom is -0.359 e. The van der Waals surface area contributed by atoms with Crippen LogP contribution < -0.4 is 5.32 Å². The Morgan fingerprint density at radius 3 is 2.16 bits per heavy atom. The molecule has 5 aliphatic rings. The first-order valence-corrected chi connectivity index (χ1v) is 9.09. The van der Waals surface area contributed by atoms with Crippen molar-refractivity contribution in [3.05, 3.63) is 0 Å². The van der Waals surface area contributed by atoms with Gasteiger partial charge in [-0.3, -0.25) is 4.99 Å². The SMILES string of the molecule is CC(C)C1CSC(NC23CC4CC(CC(C4)C2)C3)=N1. The van der Waals surface area contributed by atoms with Gasteiger partial charge < -0.3 is 5.32 Å². The lowest BCUT2D eigenvalue weighted by molar-refractivity contribution is -0.00964. The molecule has 4 aliphatic carbocycles. The predicted octanol–water partition coefficient (Wildman–Crippen LogP) is 3.67. The van der Waals surface area contributed by atoms with Crippen molar-refractivity contribution in [1.82, 2.24) is 5.32 Å². The molecule has 3 heteroatoms. The quantitative estimate of drug-likeness (QED) is 0.833. The average Bonchev–Trinajstić information content (AvgIpc) is 2.74. The molecule has 5 rings (SSSR count). The molecule has 4 fully saturated rings. The monoisotopic (exact) mass is 278 g/mol. The molecule has 1 unspecified atom stereocenters. The van der Waals surface area contributed by atoms with Crippen LogP contribution in [-0.4, -0.2) is 22.5 Å². The maximum atomic E-state index is 4.93. The highest BCUT2D eigenvalue weighted by molar-refractivity contribution is 8.14. The van der Waals surface area contributed by atoms with Crippen LogP contribution >= 0.6 is 11.8 Å². The van der Waals surface area contributed by atoms with Gasteiger partial charge in [-0.15, -0.1) is 0 Å². The van der Waals surface area contributed by atoms with E-state index in [2.05, 4.69) is 19.2 Å². The van der Waals surface area contributed by atoms with E-state index < -0.39 is 0 Å². The molecule has 106 valence electrons. The normalized spacial score (nSPS) is 47.8. The van der Waals surface area contributed by atoms with Crippen LogP contribution in [0.1, 0.15) is 52.4 Å². The fourth-order valence-corrected chi connectivity index (χ4v) is 6.58. The Kier molecular flexibility index (Phi) is 2.91. The van der Waals surface area contributed by atoms with Gasteiger partial charge in [-0.25, -0.2) is 0 Å². The summed E-state index contributed by atoms with van der Waals surface area (Å²) in [7, 11) is 0. The lowest BCUT2D eigenvalue weighted by Crippen LogP contribution is -2.59. The molecule has 4 bridgehead atoms. The molecule has 2 nitrogen and oxygen atoms in total. The van der Waals surface area contributed by atoms with Crippen LogP contribution in [0.4, 0.5) is 0 Å². The molecule has 0 radical (unpaired) electrons. The molecule has 0 aromatic carbocycles. The van der Waals surface area contributed by atoms with Gasteiger partial charge in [-0.05, 0) is 62.2 Å². The van der Waals surface area contributed by atoms with Crippen LogP contribution in [0.3, 0.4) is 0 Å². The third-order valence-electron chi connectivity index (χ3n) is 5.85. The smallest absolute Gasteiger partial charge is 0.157 e. The first-order valence-electron chi connectivity index (χ1n) is 8.11. The molecule has 0 spiro atoms. The highest BCUT2D eigenvalue weighted by Gasteiger charge is 2.51. The van der Waals surface area contributed by atoms with Gasteiger partial charge in [0.25, 0.3) is 0 Å². The third kappa shape index (κ3) is 2.22. The van der Waals surface area contributed by atoms with E-state index in [0.717, 1.165) is 17.8 Å². The van der Waals surface area contributed by atoms with E-state index in [9.17, 15) is 0 Å². The Balaban J connectivity index is 1.49. The molecule has 1 atom stereocenters. The van der Waals surface area contributed by atoms with Gasteiger partial charge in [0.15, 0.2) is 5.17 Å². The van der Waals surface area contributed by atoms with Crippen LogP contribution in [-0.2, 0) is 0 Å². The summed E-state index contributed by atoms with van der Waals surface area (Å²) in [6.07, 6.45) is 8.83. The number of nitrogens with one attached hydrogen (secondary N) is 1. The number of aliphatic imine (C=N–C) groups is 1. The van der Waals surface area contributed by atoms with E-state index in [1.54, 1.807) is 0 Å². The zero-order chi connectivity index (χ0) is 13.0. The van der Waals surface area contributed by atoms with Crippen molar-refractivity contribution in [3.8, 4) is 0 Å². The lowest BCUT2D eigenvalue weighted by Gasteiger charge is -2.57. The van der Waals surface area contributed by atoms with Crippen molar-refractivity contribution < 1.29 is 0 Å². The van der Waals surface area contributed by atoms with E-state index in [4.69, 9.17) is 4.99 Å². The van der Waals surface area contributed by atoms with Crippen molar-refractivity contribution in [2.75, 3.05) is 5.75 Å². The van der Waals surface area contributed by atoms with E-state index in [-0.39, 0.29) is 0 Å². The number of hydrogen-bond donors (Lipinski definition) is 1. The number of rotatable bonds is 2. The van der Waals surface area contributed by atoms with Gasteiger partial charge >= 0.3 is 0 Å². The van der Waals surface area contributed by atoms with Crippen LogP contribution in [0.25, 0.3) is 0 Å². The molecule has 1 N–H and O–H groups in total. The van der Waals surface area contributed by atoms with Crippen molar-refractivity contribution in [1.29, 1.82) is 0 Å². The second kappa shape index (κ2) is 4.41. The average molecular weight is 278 g/mol. The molecule has 1 heterocycles. The Hall–Kier alpha value is -0.180. The first kappa shape index (κ1) is 12.6. The van der Waals surface area contributed by atoms with Crippen LogP contribution in [0.2, 0.25) is 0 Å². The topological polar surface area (TPSA) is 24.4 Å². The van der Waals surface area contributed by atoms with Gasteiger partial charge in [0.1, 0.15) is 0 Å². The van der Waals surface area contributed by atoms with Gasteiger partial charge in [0.2, 0.25) is 0 Å². The molecule has 0 amide bonds. The maximum Gasteiger partial charge on any atom is 0.157 e. The molecule has 19 heavy (non-hydrogen) atoms. The molecule has 0 aromatic rings. The third-order valence-corrected chi connectivity index (χ3v) is 6.84. The van der Waals surface area contributed by atoms with Gasteiger partial charge in [0, 0.05) is 11.3 Å². The Bertz CT molecular complexity index is 366. The highest BCUT2D eigenvalue weighted by atomic mass is 32.2. The maximum absolute atomic E-state index is 4.93. The molecule has 4 saturated carbocycles. The van der Waals surface area contributed by atoms with Crippen LogP contribution in [0.15, 0.2) is 4.99 Å². The standard InChI is InChI=1S/C16H26N2S/c1-10(2)14-9-19-15(17-14)18-16-6-11-3-12(7-16)5-13(4-11)8-16/h10-14H,3-9H2,1-2H3,(H,17,18). The lowest BCUT2D eigenvalue weighted by atomic mass is 9.53. The second-order valence-electron chi connectivity index (χ2n) is 7.88. The summed E-state index contributed by atoms with van der Waals surface area (Å²) in [5.41, 5.74) is 0.437. The summed E-state index contributed by atoms with van der Waals surface area (Å²) in [5, 5.41) is 5.19. The van der Waals surface area contributed by atoms with Crippen LogP contribution in [0.5, 0.6) is 0 Å². The minimum absolute atomic E-state index is 0.437. The van der Waals surface area contributed by atoms with Crippen molar-refractivity contribution in [2.24, 2.45) is 28.7 Å². The largest absolute Gasteiger partial charge is 0.359 e. The van der Waals surface area contributed by atoms with E-state index in [0.29, 0.717) is 17.5 Å². The molecule has 0 saturated heterocycles. The van der Waals surface area contributed by atoms with E-state index in [1.165, 1.54) is 49.4 Å². The highest BCUT2D eigenvalue weighted by Crippen LogP contribution is 2.55. The van der Waals surface area contributed by atoms with Gasteiger partial charge in [-0.2, -0.15) is 0 Å². The fourth-order valence-electron chi connectivity index (χ4n) is 5.29. The number of amidine groups is 1. The van der Waals surface area contributed by atoms with Crippen molar-refractivity contribution in [2.45, 2.75) is 64.0 Å². The van der Waals surface area contributed by atoms with E-state index in [1.807, 2.05) is 11.8 Å².